The van der Waals surface area contributed by atoms with Gasteiger partial charge in [0.1, 0.15) is 12.4 Å². The lowest BCUT2D eigenvalue weighted by molar-refractivity contribution is 0.136. The van der Waals surface area contributed by atoms with E-state index >= 15 is 0 Å². The minimum atomic E-state index is -0.270. The van der Waals surface area contributed by atoms with Gasteiger partial charge < -0.3 is 4.74 Å². The molecule has 5 nitrogen and oxygen atoms in total. The number of benzene rings is 2. The Balaban J connectivity index is 1.94. The maximum atomic E-state index is 6.03. The minimum absolute atomic E-state index is 0.270. The molecule has 0 saturated carbocycles. The third kappa shape index (κ3) is 2.99. The molecule has 0 bridgehead atoms. The summed E-state index contributed by atoms with van der Waals surface area (Å²) in [6, 6.07) is 17.6. The predicted octanol–water partition coefficient (Wildman–Crippen LogP) is 4.18. The van der Waals surface area contributed by atoms with E-state index in [2.05, 4.69) is 10.1 Å². The van der Waals surface area contributed by atoms with E-state index in [1.807, 2.05) is 60.8 Å². The second kappa shape index (κ2) is 6.63. The Bertz CT molecular complexity index is 999. The number of hydrogen-bond acceptors (Lipinski definition) is 4. The van der Waals surface area contributed by atoms with E-state index < -0.39 is 0 Å². The van der Waals surface area contributed by atoms with Gasteiger partial charge in [0, 0.05) is 29.5 Å². The molecule has 4 aromatic rings. The highest BCUT2D eigenvalue weighted by molar-refractivity contribution is 6.30. The molecule has 4 rings (SSSR count). The SMILES string of the molecule is COC(c1ccccc1)c1cn2ncnc2nc1-c1ccc(Cl)cc1. The lowest BCUT2D eigenvalue weighted by Crippen LogP contribution is -2.09. The zero-order chi connectivity index (χ0) is 17.2. The number of ether oxygens (including phenoxy) is 1. The van der Waals surface area contributed by atoms with Crippen LogP contribution in [0.3, 0.4) is 0 Å². The van der Waals surface area contributed by atoms with Gasteiger partial charge in [0.2, 0.25) is 0 Å². The summed E-state index contributed by atoms with van der Waals surface area (Å²) in [6.07, 6.45) is 3.13. The van der Waals surface area contributed by atoms with Crippen LogP contribution in [0.25, 0.3) is 17.0 Å². The fourth-order valence-electron chi connectivity index (χ4n) is 2.87. The first kappa shape index (κ1) is 15.7. The summed E-state index contributed by atoms with van der Waals surface area (Å²) in [7, 11) is 1.69. The number of aromatic nitrogens is 4. The van der Waals surface area contributed by atoms with Crippen LogP contribution in [0.1, 0.15) is 17.2 Å². The number of methoxy groups -OCH3 is 1. The molecule has 25 heavy (non-hydrogen) atoms. The van der Waals surface area contributed by atoms with E-state index in [4.69, 9.17) is 21.3 Å². The van der Waals surface area contributed by atoms with Gasteiger partial charge in [-0.05, 0) is 17.7 Å². The summed E-state index contributed by atoms with van der Waals surface area (Å²) in [5, 5.41) is 4.89. The maximum absolute atomic E-state index is 6.03. The standard InChI is InChI=1S/C19H15ClN4O/c1-25-18(14-5-3-2-4-6-14)16-11-24-19(21-12-22-24)23-17(16)13-7-9-15(20)10-8-13/h2-12,18H,1H3. The van der Waals surface area contributed by atoms with E-state index in [-0.39, 0.29) is 6.10 Å². The van der Waals surface area contributed by atoms with Crippen LogP contribution in [-0.2, 0) is 4.74 Å². The molecule has 0 aliphatic rings. The highest BCUT2D eigenvalue weighted by atomic mass is 35.5. The van der Waals surface area contributed by atoms with E-state index in [1.165, 1.54) is 6.33 Å². The lowest BCUT2D eigenvalue weighted by atomic mass is 9.98. The first-order valence-corrected chi connectivity index (χ1v) is 8.18. The number of rotatable bonds is 4. The van der Waals surface area contributed by atoms with Gasteiger partial charge in [-0.3, -0.25) is 0 Å². The molecule has 2 aromatic carbocycles. The fraction of sp³-hybridized carbons (Fsp3) is 0.105. The Kier molecular flexibility index (Phi) is 4.17. The van der Waals surface area contributed by atoms with Crippen molar-refractivity contribution in [2.24, 2.45) is 0 Å². The van der Waals surface area contributed by atoms with Crippen molar-refractivity contribution in [1.29, 1.82) is 0 Å². The first-order valence-electron chi connectivity index (χ1n) is 7.80. The highest BCUT2D eigenvalue weighted by Gasteiger charge is 2.21. The summed E-state index contributed by atoms with van der Waals surface area (Å²) >= 11 is 6.03. The molecule has 0 saturated heterocycles. The number of nitrogens with zero attached hydrogens (tertiary/aromatic N) is 4. The van der Waals surface area contributed by atoms with Gasteiger partial charge in [0.25, 0.3) is 5.78 Å². The van der Waals surface area contributed by atoms with E-state index in [0.717, 1.165) is 22.4 Å². The summed E-state index contributed by atoms with van der Waals surface area (Å²) in [6.45, 7) is 0. The topological polar surface area (TPSA) is 52.3 Å². The monoisotopic (exact) mass is 350 g/mol. The van der Waals surface area contributed by atoms with Gasteiger partial charge in [0.05, 0.1) is 5.69 Å². The number of fused-ring (bicyclic) bond motifs is 1. The molecule has 2 aromatic heterocycles. The normalized spacial score (nSPS) is 12.4. The fourth-order valence-corrected chi connectivity index (χ4v) is 3.00. The van der Waals surface area contributed by atoms with E-state index in [0.29, 0.717) is 10.8 Å². The van der Waals surface area contributed by atoms with Crippen molar-refractivity contribution in [3.63, 3.8) is 0 Å². The Labute approximate surface area is 149 Å². The molecular formula is C19H15ClN4O. The summed E-state index contributed by atoms with van der Waals surface area (Å²) in [4.78, 5) is 8.89. The van der Waals surface area contributed by atoms with Gasteiger partial charge >= 0.3 is 0 Å². The summed E-state index contributed by atoms with van der Waals surface area (Å²) in [5.41, 5.74) is 3.70. The molecule has 0 aliphatic carbocycles. The summed E-state index contributed by atoms with van der Waals surface area (Å²) in [5.74, 6) is 0.539. The van der Waals surface area contributed by atoms with Crippen LogP contribution in [0.4, 0.5) is 0 Å². The van der Waals surface area contributed by atoms with Gasteiger partial charge in [-0.1, -0.05) is 54.1 Å². The molecule has 0 N–H and O–H groups in total. The predicted molar refractivity (Wildman–Crippen MR) is 96.5 cm³/mol. The first-order chi connectivity index (χ1) is 12.3. The molecule has 6 heteroatoms. The largest absolute Gasteiger partial charge is 0.372 e. The van der Waals surface area contributed by atoms with Crippen LogP contribution in [0.5, 0.6) is 0 Å². The molecular weight excluding hydrogens is 336 g/mol. The molecule has 0 amide bonds. The van der Waals surface area contributed by atoms with Crippen molar-refractivity contribution < 1.29 is 4.74 Å². The number of halogens is 1. The Hall–Kier alpha value is -2.76. The van der Waals surface area contributed by atoms with Crippen molar-refractivity contribution >= 4 is 17.4 Å². The van der Waals surface area contributed by atoms with Gasteiger partial charge in [-0.15, -0.1) is 0 Å². The van der Waals surface area contributed by atoms with E-state index in [9.17, 15) is 0 Å². The van der Waals surface area contributed by atoms with Crippen molar-refractivity contribution in [2.45, 2.75) is 6.10 Å². The van der Waals surface area contributed by atoms with Crippen LogP contribution in [0.15, 0.2) is 67.1 Å². The molecule has 1 unspecified atom stereocenters. The van der Waals surface area contributed by atoms with Crippen LogP contribution in [0, 0.1) is 0 Å². The van der Waals surface area contributed by atoms with Crippen LogP contribution in [0.2, 0.25) is 5.02 Å². The van der Waals surface area contributed by atoms with Crippen LogP contribution in [-0.4, -0.2) is 26.7 Å². The quantitative estimate of drug-likeness (QED) is 0.554. The van der Waals surface area contributed by atoms with Crippen molar-refractivity contribution in [3.05, 3.63) is 83.3 Å². The van der Waals surface area contributed by atoms with Gasteiger partial charge in [-0.25, -0.2) is 9.50 Å². The van der Waals surface area contributed by atoms with Crippen molar-refractivity contribution in [1.82, 2.24) is 19.6 Å². The van der Waals surface area contributed by atoms with Crippen molar-refractivity contribution in [3.8, 4) is 11.3 Å². The third-order valence-electron chi connectivity index (χ3n) is 4.04. The second-order valence-electron chi connectivity index (χ2n) is 5.58. The molecule has 2 heterocycles. The molecule has 124 valence electrons. The van der Waals surface area contributed by atoms with E-state index in [1.54, 1.807) is 11.6 Å². The number of hydrogen-bond donors (Lipinski definition) is 0. The Morgan fingerprint density at radius 3 is 2.52 bits per heavy atom. The summed E-state index contributed by atoms with van der Waals surface area (Å²) < 4.78 is 7.46. The highest BCUT2D eigenvalue weighted by Crippen LogP contribution is 2.33. The Morgan fingerprint density at radius 1 is 1.04 bits per heavy atom. The molecule has 1 atom stereocenters. The molecule has 0 fully saturated rings. The smallest absolute Gasteiger partial charge is 0.252 e. The minimum Gasteiger partial charge on any atom is -0.372 e. The second-order valence-corrected chi connectivity index (χ2v) is 6.02. The van der Waals surface area contributed by atoms with Crippen molar-refractivity contribution in [2.75, 3.05) is 7.11 Å². The average molecular weight is 351 g/mol. The van der Waals surface area contributed by atoms with Gasteiger partial charge in [0.15, 0.2) is 0 Å². The Morgan fingerprint density at radius 2 is 1.80 bits per heavy atom. The maximum Gasteiger partial charge on any atom is 0.252 e. The molecule has 0 aliphatic heterocycles. The third-order valence-corrected chi connectivity index (χ3v) is 4.29. The van der Waals surface area contributed by atoms with Gasteiger partial charge in [-0.2, -0.15) is 10.1 Å². The molecule has 0 radical (unpaired) electrons. The van der Waals surface area contributed by atoms with Crippen LogP contribution >= 0.6 is 11.6 Å². The zero-order valence-corrected chi connectivity index (χ0v) is 14.3. The average Bonchev–Trinajstić information content (AvgIpc) is 3.11. The lowest BCUT2D eigenvalue weighted by Gasteiger charge is -2.19. The van der Waals surface area contributed by atoms with Crippen LogP contribution < -0.4 is 0 Å². The zero-order valence-electron chi connectivity index (χ0n) is 13.5. The molecule has 0 spiro atoms.